The Labute approximate surface area is 135 Å². The quantitative estimate of drug-likeness (QED) is 0.877. The van der Waals surface area contributed by atoms with Crippen LogP contribution in [0.1, 0.15) is 38.3 Å². The van der Waals surface area contributed by atoms with E-state index in [-0.39, 0.29) is 11.8 Å². The lowest BCUT2D eigenvalue weighted by Crippen LogP contribution is -2.25. The summed E-state index contributed by atoms with van der Waals surface area (Å²) < 4.78 is 0. The largest absolute Gasteiger partial charge is 0.481 e. The van der Waals surface area contributed by atoms with E-state index >= 15 is 0 Å². The molecule has 1 N–H and O–H groups in total. The van der Waals surface area contributed by atoms with Gasteiger partial charge in [0.15, 0.2) is 5.13 Å². The molecule has 1 aromatic heterocycles. The average molecular weight is 318 g/mol. The van der Waals surface area contributed by atoms with E-state index in [2.05, 4.69) is 50.0 Å². The van der Waals surface area contributed by atoms with Gasteiger partial charge < -0.3 is 10.0 Å². The Kier molecular flexibility index (Phi) is 5.19. The van der Waals surface area contributed by atoms with Gasteiger partial charge >= 0.3 is 5.97 Å². The van der Waals surface area contributed by atoms with Gasteiger partial charge in [0, 0.05) is 24.7 Å². The fourth-order valence-corrected chi connectivity index (χ4v) is 2.85. The summed E-state index contributed by atoms with van der Waals surface area (Å²) in [4.78, 5) is 17.2. The van der Waals surface area contributed by atoms with Crippen molar-refractivity contribution in [3.63, 3.8) is 0 Å². The van der Waals surface area contributed by atoms with Crippen molar-refractivity contribution in [2.24, 2.45) is 0 Å². The van der Waals surface area contributed by atoms with E-state index in [0.717, 1.165) is 10.7 Å². The van der Waals surface area contributed by atoms with Gasteiger partial charge in [0.2, 0.25) is 0 Å². The lowest BCUT2D eigenvalue weighted by atomic mass is 9.87. The summed E-state index contributed by atoms with van der Waals surface area (Å²) in [5.41, 5.74) is 2.59. The maximum Gasteiger partial charge on any atom is 0.305 e. The first-order valence-corrected chi connectivity index (χ1v) is 8.20. The van der Waals surface area contributed by atoms with Crippen molar-refractivity contribution in [3.05, 3.63) is 47.0 Å². The maximum absolute atomic E-state index is 10.8. The Balaban J connectivity index is 2.11. The lowest BCUT2D eigenvalue weighted by molar-refractivity contribution is -0.136. The molecule has 0 saturated carbocycles. The monoisotopic (exact) mass is 318 g/mol. The molecule has 5 heteroatoms. The van der Waals surface area contributed by atoms with Crippen molar-refractivity contribution < 1.29 is 9.90 Å². The molecule has 0 spiro atoms. The fraction of sp³-hybridized carbons (Fsp3) is 0.412. The smallest absolute Gasteiger partial charge is 0.305 e. The minimum atomic E-state index is -0.787. The van der Waals surface area contributed by atoms with E-state index in [1.165, 1.54) is 16.9 Å². The minimum Gasteiger partial charge on any atom is -0.481 e. The number of carboxylic acid groups (broad SMARTS) is 1. The van der Waals surface area contributed by atoms with E-state index in [1.54, 1.807) is 6.20 Å². The van der Waals surface area contributed by atoms with Crippen LogP contribution in [-0.4, -0.2) is 22.6 Å². The van der Waals surface area contributed by atoms with E-state index in [0.29, 0.717) is 13.1 Å². The second-order valence-electron chi connectivity index (χ2n) is 6.33. The van der Waals surface area contributed by atoms with Crippen molar-refractivity contribution in [1.29, 1.82) is 0 Å². The second-order valence-corrected chi connectivity index (χ2v) is 7.20. The van der Waals surface area contributed by atoms with Gasteiger partial charge in [-0.1, -0.05) is 45.0 Å². The molecule has 0 aliphatic heterocycles. The van der Waals surface area contributed by atoms with Crippen LogP contribution < -0.4 is 4.90 Å². The molecule has 0 aliphatic carbocycles. The number of hydrogen-bond acceptors (Lipinski definition) is 4. The molecule has 0 saturated heterocycles. The summed E-state index contributed by atoms with van der Waals surface area (Å²) in [5, 5.41) is 11.7. The van der Waals surface area contributed by atoms with E-state index in [4.69, 9.17) is 5.11 Å². The molecular weight excluding hydrogens is 296 g/mol. The molecule has 0 radical (unpaired) electrons. The first kappa shape index (κ1) is 16.5. The predicted octanol–water partition coefficient (Wildman–Crippen LogP) is 3.92. The number of rotatable bonds is 6. The van der Waals surface area contributed by atoms with Crippen molar-refractivity contribution in [3.8, 4) is 0 Å². The fourth-order valence-electron chi connectivity index (χ4n) is 2.18. The summed E-state index contributed by atoms with van der Waals surface area (Å²) in [6.45, 7) is 7.71. The maximum atomic E-state index is 10.8. The van der Waals surface area contributed by atoms with Crippen molar-refractivity contribution >= 4 is 22.4 Å². The Morgan fingerprint density at radius 2 is 1.95 bits per heavy atom. The zero-order valence-corrected chi connectivity index (χ0v) is 14.1. The summed E-state index contributed by atoms with van der Waals surface area (Å²) in [5.74, 6) is -0.787. The SMILES string of the molecule is CC(C)(C)c1ccc(CN(CCC(=O)O)c2nccs2)cc1. The third-order valence-electron chi connectivity index (χ3n) is 3.48. The second kappa shape index (κ2) is 6.92. The molecule has 118 valence electrons. The van der Waals surface area contributed by atoms with Gasteiger partial charge in [-0.15, -0.1) is 11.3 Å². The van der Waals surface area contributed by atoms with Crippen LogP contribution in [0.3, 0.4) is 0 Å². The van der Waals surface area contributed by atoms with Crippen molar-refractivity contribution in [2.45, 2.75) is 39.2 Å². The predicted molar refractivity (Wildman–Crippen MR) is 90.6 cm³/mol. The van der Waals surface area contributed by atoms with E-state index in [1.807, 2.05) is 10.3 Å². The zero-order chi connectivity index (χ0) is 16.2. The number of aromatic nitrogens is 1. The molecule has 0 atom stereocenters. The summed E-state index contributed by atoms with van der Waals surface area (Å²) >= 11 is 1.53. The molecule has 0 aliphatic rings. The van der Waals surface area contributed by atoms with Crippen LogP contribution in [0.25, 0.3) is 0 Å². The highest BCUT2D eigenvalue weighted by Gasteiger charge is 2.15. The Hall–Kier alpha value is -1.88. The summed E-state index contributed by atoms with van der Waals surface area (Å²) in [6, 6.07) is 8.52. The normalized spacial score (nSPS) is 11.4. The van der Waals surface area contributed by atoms with Crippen LogP contribution in [0.5, 0.6) is 0 Å². The summed E-state index contributed by atoms with van der Waals surface area (Å²) in [6.07, 6.45) is 1.86. The third-order valence-corrected chi connectivity index (χ3v) is 4.31. The number of carboxylic acids is 1. The number of aliphatic carboxylic acids is 1. The van der Waals surface area contributed by atoms with Gasteiger partial charge in [-0.05, 0) is 16.5 Å². The molecule has 0 fully saturated rings. The van der Waals surface area contributed by atoms with E-state index in [9.17, 15) is 4.79 Å². The molecule has 1 heterocycles. The highest BCUT2D eigenvalue weighted by molar-refractivity contribution is 7.13. The average Bonchev–Trinajstić information content (AvgIpc) is 2.97. The van der Waals surface area contributed by atoms with Crippen molar-refractivity contribution in [2.75, 3.05) is 11.4 Å². The third kappa shape index (κ3) is 4.56. The zero-order valence-electron chi connectivity index (χ0n) is 13.2. The standard InChI is InChI=1S/C17H22N2O2S/c1-17(2,3)14-6-4-13(5-7-14)12-19(10-8-15(20)21)16-18-9-11-22-16/h4-7,9,11H,8,10,12H2,1-3H3,(H,20,21). The minimum absolute atomic E-state index is 0.111. The first-order chi connectivity index (χ1) is 10.4. The van der Waals surface area contributed by atoms with Crippen LogP contribution in [0.4, 0.5) is 5.13 Å². The first-order valence-electron chi connectivity index (χ1n) is 7.32. The molecule has 22 heavy (non-hydrogen) atoms. The number of thiazole rings is 1. The molecule has 0 bridgehead atoms. The summed E-state index contributed by atoms with van der Waals surface area (Å²) in [7, 11) is 0. The number of anilines is 1. The van der Waals surface area contributed by atoms with Gasteiger partial charge in [0.05, 0.1) is 6.42 Å². The van der Waals surface area contributed by atoms with Gasteiger partial charge in [-0.3, -0.25) is 4.79 Å². The Bertz CT molecular complexity index is 601. The molecule has 1 aromatic carbocycles. The molecule has 0 amide bonds. The Morgan fingerprint density at radius 3 is 2.45 bits per heavy atom. The number of carbonyl (C=O) groups is 1. The van der Waals surface area contributed by atoms with Crippen LogP contribution in [0.2, 0.25) is 0 Å². The van der Waals surface area contributed by atoms with E-state index < -0.39 is 5.97 Å². The van der Waals surface area contributed by atoms with Crippen LogP contribution >= 0.6 is 11.3 Å². The van der Waals surface area contributed by atoms with Crippen LogP contribution in [0, 0.1) is 0 Å². The van der Waals surface area contributed by atoms with Gasteiger partial charge in [0.1, 0.15) is 0 Å². The van der Waals surface area contributed by atoms with Gasteiger partial charge in [0.25, 0.3) is 0 Å². The van der Waals surface area contributed by atoms with Gasteiger partial charge in [-0.2, -0.15) is 0 Å². The molecule has 4 nitrogen and oxygen atoms in total. The number of nitrogens with zero attached hydrogens (tertiary/aromatic N) is 2. The molecule has 0 unspecified atom stereocenters. The number of hydrogen-bond donors (Lipinski definition) is 1. The molecule has 2 aromatic rings. The van der Waals surface area contributed by atoms with Gasteiger partial charge in [-0.25, -0.2) is 4.98 Å². The molecular formula is C17H22N2O2S. The Morgan fingerprint density at radius 1 is 1.27 bits per heavy atom. The number of benzene rings is 1. The highest BCUT2D eigenvalue weighted by Crippen LogP contribution is 2.24. The van der Waals surface area contributed by atoms with Crippen LogP contribution in [-0.2, 0) is 16.8 Å². The highest BCUT2D eigenvalue weighted by atomic mass is 32.1. The van der Waals surface area contributed by atoms with Crippen LogP contribution in [0.15, 0.2) is 35.8 Å². The van der Waals surface area contributed by atoms with Crippen molar-refractivity contribution in [1.82, 2.24) is 4.98 Å². The topological polar surface area (TPSA) is 53.4 Å². The lowest BCUT2D eigenvalue weighted by Gasteiger charge is -2.23. The molecule has 2 rings (SSSR count).